The molecule has 1 aromatic heterocycles. The molecule has 0 aliphatic carbocycles. The zero-order valence-corrected chi connectivity index (χ0v) is 11.6. The Bertz CT molecular complexity index is 584. The summed E-state index contributed by atoms with van der Waals surface area (Å²) >= 11 is 0. The molecule has 106 valence electrons. The highest BCUT2D eigenvalue weighted by atomic mass is 35.5. The summed E-state index contributed by atoms with van der Waals surface area (Å²) in [6, 6.07) is 6.58. The Labute approximate surface area is 122 Å². The molecule has 0 atom stereocenters. The smallest absolute Gasteiger partial charge is 0.337 e. The van der Waals surface area contributed by atoms with Crippen molar-refractivity contribution in [1.82, 2.24) is 9.55 Å². The quantitative estimate of drug-likeness (QED) is 0.872. The SMILES string of the molecule is COC(=O)c1cccc(NC(=O)Cn2ccnc2)c1.Cl. The molecule has 0 aliphatic rings. The van der Waals surface area contributed by atoms with Crippen molar-refractivity contribution in [3.63, 3.8) is 0 Å². The van der Waals surface area contributed by atoms with Crippen LogP contribution in [0.2, 0.25) is 0 Å². The molecule has 20 heavy (non-hydrogen) atoms. The first-order valence-electron chi connectivity index (χ1n) is 5.63. The first-order chi connectivity index (χ1) is 9.19. The van der Waals surface area contributed by atoms with Crippen LogP contribution in [0.15, 0.2) is 43.0 Å². The summed E-state index contributed by atoms with van der Waals surface area (Å²) in [5, 5.41) is 2.70. The zero-order valence-electron chi connectivity index (χ0n) is 10.8. The number of carbonyl (C=O) groups excluding carboxylic acids is 2. The molecule has 0 spiro atoms. The number of hydrogen-bond donors (Lipinski definition) is 1. The second-order valence-electron chi connectivity index (χ2n) is 3.86. The normalized spacial score (nSPS) is 9.45. The Morgan fingerprint density at radius 1 is 1.40 bits per heavy atom. The second kappa shape index (κ2) is 7.30. The van der Waals surface area contributed by atoms with E-state index in [9.17, 15) is 9.59 Å². The fourth-order valence-electron chi connectivity index (χ4n) is 1.59. The Hall–Kier alpha value is -2.34. The number of halogens is 1. The minimum absolute atomic E-state index is 0. The molecule has 1 N–H and O–H groups in total. The second-order valence-corrected chi connectivity index (χ2v) is 3.86. The zero-order chi connectivity index (χ0) is 13.7. The van der Waals surface area contributed by atoms with Gasteiger partial charge in [0.2, 0.25) is 5.91 Å². The van der Waals surface area contributed by atoms with Crippen LogP contribution in [0.5, 0.6) is 0 Å². The summed E-state index contributed by atoms with van der Waals surface area (Å²) in [6.07, 6.45) is 4.86. The number of rotatable bonds is 4. The minimum Gasteiger partial charge on any atom is -0.465 e. The number of ether oxygens (including phenoxy) is 1. The van der Waals surface area contributed by atoms with E-state index in [0.717, 1.165) is 0 Å². The van der Waals surface area contributed by atoms with Crippen molar-refractivity contribution < 1.29 is 14.3 Å². The molecule has 0 fully saturated rings. The lowest BCUT2D eigenvalue weighted by Crippen LogP contribution is -2.18. The van der Waals surface area contributed by atoms with Gasteiger partial charge in [0, 0.05) is 18.1 Å². The molecular weight excluding hydrogens is 282 g/mol. The molecule has 2 rings (SSSR count). The number of carbonyl (C=O) groups is 2. The lowest BCUT2D eigenvalue weighted by molar-refractivity contribution is -0.116. The summed E-state index contributed by atoms with van der Waals surface area (Å²) in [6.45, 7) is 0.169. The van der Waals surface area contributed by atoms with Gasteiger partial charge >= 0.3 is 5.97 Å². The summed E-state index contributed by atoms with van der Waals surface area (Å²) in [5.41, 5.74) is 0.941. The van der Waals surface area contributed by atoms with E-state index in [-0.39, 0.29) is 24.9 Å². The number of imidazole rings is 1. The molecule has 1 aromatic carbocycles. The molecule has 0 radical (unpaired) electrons. The van der Waals surface area contributed by atoms with Gasteiger partial charge in [-0.3, -0.25) is 4.79 Å². The third-order valence-electron chi connectivity index (χ3n) is 2.45. The molecule has 0 saturated carbocycles. The van der Waals surface area contributed by atoms with Crippen molar-refractivity contribution in [3.05, 3.63) is 48.5 Å². The molecule has 2 aromatic rings. The first kappa shape index (κ1) is 15.7. The molecule has 0 bridgehead atoms. The monoisotopic (exact) mass is 295 g/mol. The number of hydrogen-bond acceptors (Lipinski definition) is 4. The Morgan fingerprint density at radius 3 is 2.85 bits per heavy atom. The number of amides is 1. The van der Waals surface area contributed by atoms with E-state index in [1.807, 2.05) is 0 Å². The van der Waals surface area contributed by atoms with Gasteiger partial charge in [-0.2, -0.15) is 0 Å². The topological polar surface area (TPSA) is 73.2 Å². The molecule has 0 aliphatic heterocycles. The van der Waals surface area contributed by atoms with Crippen molar-refractivity contribution in [2.45, 2.75) is 6.54 Å². The van der Waals surface area contributed by atoms with Crippen LogP contribution >= 0.6 is 12.4 Å². The fraction of sp³-hybridized carbons (Fsp3) is 0.154. The average molecular weight is 296 g/mol. The number of methoxy groups -OCH3 is 1. The fourth-order valence-corrected chi connectivity index (χ4v) is 1.59. The highest BCUT2D eigenvalue weighted by Gasteiger charge is 2.07. The van der Waals surface area contributed by atoms with E-state index in [4.69, 9.17) is 0 Å². The Kier molecular flexibility index (Phi) is 5.74. The average Bonchev–Trinajstić information content (AvgIpc) is 2.90. The van der Waals surface area contributed by atoms with Gasteiger partial charge in [-0.05, 0) is 18.2 Å². The summed E-state index contributed by atoms with van der Waals surface area (Å²) in [4.78, 5) is 27.0. The third-order valence-corrected chi connectivity index (χ3v) is 2.45. The Balaban J connectivity index is 0.00000200. The predicted octanol–water partition coefficient (Wildman–Crippen LogP) is 1.73. The van der Waals surface area contributed by atoms with Gasteiger partial charge < -0.3 is 14.6 Å². The van der Waals surface area contributed by atoms with Crippen LogP contribution in [0.4, 0.5) is 5.69 Å². The van der Waals surface area contributed by atoms with Gasteiger partial charge in [0.15, 0.2) is 0 Å². The Morgan fingerprint density at radius 2 is 2.20 bits per heavy atom. The molecule has 6 nitrogen and oxygen atoms in total. The highest BCUT2D eigenvalue weighted by molar-refractivity contribution is 5.94. The number of benzene rings is 1. The van der Waals surface area contributed by atoms with Crippen molar-refractivity contribution in [1.29, 1.82) is 0 Å². The van der Waals surface area contributed by atoms with Gasteiger partial charge in [-0.15, -0.1) is 12.4 Å². The molecule has 0 unspecified atom stereocenters. The maximum Gasteiger partial charge on any atom is 0.337 e. The lowest BCUT2D eigenvalue weighted by Gasteiger charge is -2.07. The van der Waals surface area contributed by atoms with Gasteiger partial charge in [0.1, 0.15) is 6.54 Å². The highest BCUT2D eigenvalue weighted by Crippen LogP contribution is 2.11. The van der Waals surface area contributed by atoms with Gasteiger partial charge in [-0.25, -0.2) is 9.78 Å². The van der Waals surface area contributed by atoms with Gasteiger partial charge in [0.25, 0.3) is 0 Å². The number of nitrogens with one attached hydrogen (secondary N) is 1. The number of anilines is 1. The van der Waals surface area contributed by atoms with Gasteiger partial charge in [-0.1, -0.05) is 6.07 Å². The maximum atomic E-state index is 11.8. The van der Waals surface area contributed by atoms with Crippen LogP contribution in [0.3, 0.4) is 0 Å². The van der Waals surface area contributed by atoms with E-state index in [1.165, 1.54) is 7.11 Å². The van der Waals surface area contributed by atoms with E-state index in [1.54, 1.807) is 47.6 Å². The summed E-state index contributed by atoms with van der Waals surface area (Å²) < 4.78 is 6.27. The minimum atomic E-state index is -0.439. The van der Waals surface area contributed by atoms with E-state index in [2.05, 4.69) is 15.0 Å². The van der Waals surface area contributed by atoms with Crippen molar-refractivity contribution in [2.75, 3.05) is 12.4 Å². The summed E-state index contributed by atoms with van der Waals surface area (Å²) in [7, 11) is 1.31. The number of nitrogens with zero attached hydrogens (tertiary/aromatic N) is 2. The largest absolute Gasteiger partial charge is 0.465 e. The van der Waals surface area contributed by atoms with Crippen LogP contribution in [-0.4, -0.2) is 28.5 Å². The van der Waals surface area contributed by atoms with Crippen LogP contribution in [0.25, 0.3) is 0 Å². The van der Waals surface area contributed by atoms with E-state index < -0.39 is 5.97 Å². The maximum absolute atomic E-state index is 11.8. The van der Waals surface area contributed by atoms with Crippen molar-refractivity contribution >= 4 is 30.0 Å². The molecule has 1 amide bonds. The van der Waals surface area contributed by atoms with Crippen LogP contribution in [-0.2, 0) is 16.1 Å². The standard InChI is InChI=1S/C13H13N3O3.ClH/c1-19-13(18)10-3-2-4-11(7-10)15-12(17)8-16-6-5-14-9-16;/h2-7,9H,8H2,1H3,(H,15,17);1H. The van der Waals surface area contributed by atoms with Gasteiger partial charge in [0.05, 0.1) is 19.0 Å². The molecular formula is C13H14ClN3O3. The van der Waals surface area contributed by atoms with Crippen LogP contribution in [0, 0.1) is 0 Å². The number of esters is 1. The predicted molar refractivity (Wildman–Crippen MR) is 75.9 cm³/mol. The van der Waals surface area contributed by atoms with Crippen molar-refractivity contribution in [3.8, 4) is 0 Å². The first-order valence-corrected chi connectivity index (χ1v) is 5.63. The van der Waals surface area contributed by atoms with Crippen molar-refractivity contribution in [2.24, 2.45) is 0 Å². The molecule has 7 heteroatoms. The lowest BCUT2D eigenvalue weighted by atomic mass is 10.2. The molecule has 1 heterocycles. The van der Waals surface area contributed by atoms with Crippen LogP contribution < -0.4 is 5.32 Å². The molecule has 0 saturated heterocycles. The van der Waals surface area contributed by atoms with Crippen LogP contribution in [0.1, 0.15) is 10.4 Å². The number of aromatic nitrogens is 2. The van der Waals surface area contributed by atoms with E-state index >= 15 is 0 Å². The van der Waals surface area contributed by atoms with E-state index in [0.29, 0.717) is 11.3 Å². The third kappa shape index (κ3) is 4.10. The summed E-state index contributed by atoms with van der Waals surface area (Å²) in [5.74, 6) is -0.634.